The summed E-state index contributed by atoms with van der Waals surface area (Å²) in [5, 5.41) is 10.1. The first-order chi connectivity index (χ1) is 9.97. The predicted molar refractivity (Wildman–Crippen MR) is 82.1 cm³/mol. The van der Waals surface area contributed by atoms with Crippen molar-refractivity contribution in [1.29, 1.82) is 0 Å². The molecule has 1 aromatic carbocycles. The molecule has 0 saturated carbocycles. The molecule has 2 heterocycles. The van der Waals surface area contributed by atoms with Crippen LogP contribution >= 0.6 is 0 Å². The topological polar surface area (TPSA) is 86.9 Å². The lowest BCUT2D eigenvalue weighted by molar-refractivity contribution is 0.601. The first-order valence-corrected chi connectivity index (χ1v) is 8.37. The molecule has 0 spiro atoms. The number of anilines is 2. The van der Waals surface area contributed by atoms with E-state index in [0.717, 1.165) is 30.6 Å². The van der Waals surface area contributed by atoms with E-state index >= 15 is 0 Å². The van der Waals surface area contributed by atoms with Crippen molar-refractivity contribution in [3.05, 3.63) is 35.2 Å². The number of benzene rings is 1. The summed E-state index contributed by atoms with van der Waals surface area (Å²) in [5.41, 5.74) is 3.93. The number of nitrogens with one attached hydrogen (secondary N) is 3. The van der Waals surface area contributed by atoms with Gasteiger partial charge in [0, 0.05) is 12.2 Å². The zero-order valence-electron chi connectivity index (χ0n) is 12.0. The SMILES string of the molecule is Cc1n[nH]c(C)c1NS(=O)(=O)c1ccc2c(c1)CCCN2. The van der Waals surface area contributed by atoms with Crippen molar-refractivity contribution in [1.82, 2.24) is 10.2 Å². The highest BCUT2D eigenvalue weighted by Crippen LogP contribution is 2.27. The van der Waals surface area contributed by atoms with E-state index in [9.17, 15) is 8.42 Å². The molecule has 0 bridgehead atoms. The quantitative estimate of drug-likeness (QED) is 0.811. The maximum Gasteiger partial charge on any atom is 0.262 e. The summed E-state index contributed by atoms with van der Waals surface area (Å²) in [7, 11) is -3.60. The van der Waals surface area contributed by atoms with Crippen LogP contribution in [0.4, 0.5) is 11.4 Å². The Labute approximate surface area is 124 Å². The molecule has 1 aliphatic heterocycles. The van der Waals surface area contributed by atoms with Gasteiger partial charge >= 0.3 is 0 Å². The molecule has 6 nitrogen and oxygen atoms in total. The van der Waals surface area contributed by atoms with Gasteiger partial charge in [-0.05, 0) is 50.5 Å². The Morgan fingerprint density at radius 3 is 2.81 bits per heavy atom. The van der Waals surface area contributed by atoms with E-state index in [2.05, 4.69) is 20.2 Å². The van der Waals surface area contributed by atoms with Crippen LogP contribution in [0.2, 0.25) is 0 Å². The fourth-order valence-electron chi connectivity index (χ4n) is 2.51. The molecular weight excluding hydrogens is 288 g/mol. The summed E-state index contributed by atoms with van der Waals surface area (Å²) in [6, 6.07) is 5.21. The summed E-state index contributed by atoms with van der Waals surface area (Å²) >= 11 is 0. The third kappa shape index (κ3) is 2.61. The van der Waals surface area contributed by atoms with Crippen LogP contribution in [0.1, 0.15) is 23.4 Å². The van der Waals surface area contributed by atoms with Crippen LogP contribution in [-0.4, -0.2) is 25.2 Å². The number of aryl methyl sites for hydroxylation is 3. The lowest BCUT2D eigenvalue weighted by Gasteiger charge is -2.18. The molecule has 3 N–H and O–H groups in total. The predicted octanol–water partition coefficient (Wildman–Crippen LogP) is 2.19. The van der Waals surface area contributed by atoms with Gasteiger partial charge in [0.25, 0.3) is 10.0 Å². The van der Waals surface area contributed by atoms with Crippen LogP contribution in [0.3, 0.4) is 0 Å². The van der Waals surface area contributed by atoms with E-state index in [4.69, 9.17) is 0 Å². The highest BCUT2D eigenvalue weighted by atomic mass is 32.2. The largest absolute Gasteiger partial charge is 0.385 e. The van der Waals surface area contributed by atoms with E-state index in [0.29, 0.717) is 17.1 Å². The minimum atomic E-state index is -3.60. The highest BCUT2D eigenvalue weighted by molar-refractivity contribution is 7.92. The van der Waals surface area contributed by atoms with Crippen molar-refractivity contribution in [2.45, 2.75) is 31.6 Å². The average molecular weight is 306 g/mol. The van der Waals surface area contributed by atoms with Gasteiger partial charge in [-0.25, -0.2) is 8.42 Å². The van der Waals surface area contributed by atoms with Gasteiger partial charge in [0.05, 0.1) is 22.0 Å². The van der Waals surface area contributed by atoms with Crippen molar-refractivity contribution in [2.24, 2.45) is 0 Å². The minimum Gasteiger partial charge on any atom is -0.385 e. The van der Waals surface area contributed by atoms with Gasteiger partial charge in [0.1, 0.15) is 0 Å². The van der Waals surface area contributed by atoms with Crippen molar-refractivity contribution < 1.29 is 8.42 Å². The molecule has 0 fully saturated rings. The van der Waals surface area contributed by atoms with Gasteiger partial charge in [-0.15, -0.1) is 0 Å². The third-order valence-corrected chi connectivity index (χ3v) is 5.04. The molecule has 0 unspecified atom stereocenters. The zero-order valence-corrected chi connectivity index (χ0v) is 12.8. The average Bonchev–Trinajstić information content (AvgIpc) is 2.78. The second kappa shape index (κ2) is 5.07. The van der Waals surface area contributed by atoms with E-state index in [1.807, 2.05) is 6.07 Å². The third-order valence-electron chi connectivity index (χ3n) is 3.69. The second-order valence-corrected chi connectivity index (χ2v) is 6.95. The van der Waals surface area contributed by atoms with Gasteiger partial charge in [0.15, 0.2) is 0 Å². The Morgan fingerprint density at radius 1 is 1.29 bits per heavy atom. The Morgan fingerprint density at radius 2 is 2.10 bits per heavy atom. The number of hydrogen-bond acceptors (Lipinski definition) is 4. The molecule has 0 atom stereocenters. The Bertz CT molecular complexity index is 761. The number of nitrogens with zero attached hydrogens (tertiary/aromatic N) is 1. The van der Waals surface area contributed by atoms with Crippen molar-refractivity contribution >= 4 is 21.4 Å². The second-order valence-electron chi connectivity index (χ2n) is 5.26. The summed E-state index contributed by atoms with van der Waals surface area (Å²) in [6.07, 6.45) is 1.92. The van der Waals surface area contributed by atoms with Gasteiger partial charge in [-0.3, -0.25) is 9.82 Å². The number of aromatic nitrogens is 2. The maximum atomic E-state index is 12.5. The van der Waals surface area contributed by atoms with E-state index in [1.54, 1.807) is 26.0 Å². The van der Waals surface area contributed by atoms with E-state index < -0.39 is 10.0 Å². The summed E-state index contributed by atoms with van der Waals surface area (Å²) in [6.45, 7) is 4.48. The summed E-state index contributed by atoms with van der Waals surface area (Å²) in [4.78, 5) is 0.282. The van der Waals surface area contributed by atoms with Crippen LogP contribution in [0, 0.1) is 13.8 Å². The van der Waals surface area contributed by atoms with Crippen molar-refractivity contribution in [3.63, 3.8) is 0 Å². The summed E-state index contributed by atoms with van der Waals surface area (Å²) < 4.78 is 27.6. The molecule has 3 rings (SSSR count). The molecule has 112 valence electrons. The zero-order chi connectivity index (χ0) is 15.0. The van der Waals surface area contributed by atoms with E-state index in [1.165, 1.54) is 0 Å². The minimum absolute atomic E-state index is 0.282. The van der Waals surface area contributed by atoms with Crippen LogP contribution < -0.4 is 10.0 Å². The molecule has 1 aromatic heterocycles. The molecule has 0 radical (unpaired) electrons. The number of rotatable bonds is 3. The molecule has 2 aromatic rings. The monoisotopic (exact) mass is 306 g/mol. The Balaban J connectivity index is 1.95. The summed E-state index contributed by atoms with van der Waals surface area (Å²) in [5.74, 6) is 0. The van der Waals surface area contributed by atoms with Gasteiger partial charge < -0.3 is 5.32 Å². The van der Waals surface area contributed by atoms with Crippen molar-refractivity contribution in [2.75, 3.05) is 16.6 Å². The molecule has 0 aliphatic carbocycles. The number of fused-ring (bicyclic) bond motifs is 1. The molecule has 0 amide bonds. The Kier molecular flexibility index (Phi) is 3.36. The lowest BCUT2D eigenvalue weighted by atomic mass is 10.0. The van der Waals surface area contributed by atoms with Gasteiger partial charge in [-0.2, -0.15) is 5.10 Å². The lowest BCUT2D eigenvalue weighted by Crippen LogP contribution is -2.16. The number of hydrogen-bond donors (Lipinski definition) is 3. The van der Waals surface area contributed by atoms with Crippen LogP contribution in [0.15, 0.2) is 23.1 Å². The smallest absolute Gasteiger partial charge is 0.262 e. The molecular formula is C14H18N4O2S. The molecule has 21 heavy (non-hydrogen) atoms. The molecule has 1 aliphatic rings. The fourth-order valence-corrected chi connectivity index (χ4v) is 3.74. The van der Waals surface area contributed by atoms with Crippen molar-refractivity contribution in [3.8, 4) is 0 Å². The van der Waals surface area contributed by atoms with Crippen LogP contribution in [0.5, 0.6) is 0 Å². The number of H-pyrrole nitrogens is 1. The maximum absolute atomic E-state index is 12.5. The van der Waals surface area contributed by atoms with Crippen LogP contribution in [0.25, 0.3) is 0 Å². The first kappa shape index (κ1) is 13.9. The number of sulfonamides is 1. The number of aromatic amines is 1. The van der Waals surface area contributed by atoms with Gasteiger partial charge in [0.2, 0.25) is 0 Å². The Hall–Kier alpha value is -2.02. The molecule has 7 heteroatoms. The highest BCUT2D eigenvalue weighted by Gasteiger charge is 2.20. The molecule has 0 saturated heterocycles. The van der Waals surface area contributed by atoms with Crippen LogP contribution in [-0.2, 0) is 16.4 Å². The fraction of sp³-hybridized carbons (Fsp3) is 0.357. The first-order valence-electron chi connectivity index (χ1n) is 6.88. The van der Waals surface area contributed by atoms with E-state index in [-0.39, 0.29) is 4.90 Å². The van der Waals surface area contributed by atoms with Gasteiger partial charge in [-0.1, -0.05) is 0 Å². The normalized spacial score (nSPS) is 14.4. The standard InChI is InChI=1S/C14H18N4O2S/c1-9-14(10(2)17-16-9)18-21(19,20)12-5-6-13-11(8-12)4-3-7-15-13/h5-6,8,15,18H,3-4,7H2,1-2H3,(H,16,17).